The van der Waals surface area contributed by atoms with E-state index in [9.17, 15) is 18.4 Å². The van der Waals surface area contributed by atoms with Gasteiger partial charge in [-0.25, -0.2) is 8.78 Å². The minimum absolute atomic E-state index is 0.176. The zero-order valence-electron chi connectivity index (χ0n) is 14.0. The molecule has 0 aliphatic heterocycles. The Hall–Kier alpha value is -3.13. The molecule has 2 aromatic heterocycles. The third kappa shape index (κ3) is 2.97. The molecule has 4 rings (SSSR count). The van der Waals surface area contributed by atoms with Crippen molar-refractivity contribution in [3.63, 3.8) is 0 Å². The van der Waals surface area contributed by atoms with E-state index in [4.69, 9.17) is 4.42 Å². The quantitative estimate of drug-likeness (QED) is 0.526. The van der Waals surface area contributed by atoms with Crippen molar-refractivity contribution in [2.45, 2.75) is 13.5 Å². The van der Waals surface area contributed by atoms with Crippen LogP contribution < -0.4 is 10.2 Å². The highest BCUT2D eigenvalue weighted by Gasteiger charge is 2.15. The second kappa shape index (κ2) is 6.55. The Labute approximate surface area is 154 Å². The maximum atomic E-state index is 14.2. The van der Waals surface area contributed by atoms with E-state index in [1.54, 1.807) is 31.2 Å². The predicted octanol–water partition coefficient (Wildman–Crippen LogP) is 3.85. The SMILES string of the molecule is CCn1c(=NC(=O)c2cc(=O)c3ccccc3o2)sc2cc(F)cc(F)c21. The van der Waals surface area contributed by atoms with Crippen LogP contribution in [0.15, 0.2) is 56.7 Å². The van der Waals surface area contributed by atoms with Crippen LogP contribution >= 0.6 is 11.3 Å². The first-order chi connectivity index (χ1) is 13.0. The summed E-state index contributed by atoms with van der Waals surface area (Å²) in [4.78, 5) is 28.9. The number of carbonyl (C=O) groups is 1. The Morgan fingerprint density at radius 1 is 1.22 bits per heavy atom. The van der Waals surface area contributed by atoms with Crippen molar-refractivity contribution < 1.29 is 18.0 Å². The molecule has 0 aliphatic rings. The zero-order chi connectivity index (χ0) is 19.1. The first-order valence-electron chi connectivity index (χ1n) is 8.08. The topological polar surface area (TPSA) is 64.6 Å². The van der Waals surface area contributed by atoms with E-state index in [1.807, 2.05) is 0 Å². The lowest BCUT2D eigenvalue weighted by Crippen LogP contribution is -2.17. The van der Waals surface area contributed by atoms with E-state index >= 15 is 0 Å². The van der Waals surface area contributed by atoms with Crippen LogP contribution in [0.3, 0.4) is 0 Å². The number of thiazole rings is 1. The number of nitrogens with zero attached hydrogens (tertiary/aromatic N) is 2. The lowest BCUT2D eigenvalue weighted by Gasteiger charge is -2.02. The van der Waals surface area contributed by atoms with Crippen LogP contribution in [-0.4, -0.2) is 10.5 Å². The molecule has 136 valence electrons. The Morgan fingerprint density at radius 3 is 2.78 bits per heavy atom. The van der Waals surface area contributed by atoms with Crippen LogP contribution in [0.4, 0.5) is 8.78 Å². The molecule has 0 bridgehead atoms. The van der Waals surface area contributed by atoms with Crippen molar-refractivity contribution in [3.8, 4) is 0 Å². The van der Waals surface area contributed by atoms with Gasteiger partial charge in [-0.2, -0.15) is 4.99 Å². The number of rotatable bonds is 2. The minimum Gasteiger partial charge on any atom is -0.451 e. The van der Waals surface area contributed by atoms with E-state index in [1.165, 1.54) is 10.6 Å². The van der Waals surface area contributed by atoms with Crippen molar-refractivity contribution in [2.75, 3.05) is 0 Å². The fraction of sp³-hybridized carbons (Fsp3) is 0.105. The summed E-state index contributed by atoms with van der Waals surface area (Å²) < 4.78 is 34.9. The number of para-hydroxylation sites is 1. The molecule has 0 spiro atoms. The highest BCUT2D eigenvalue weighted by molar-refractivity contribution is 7.16. The highest BCUT2D eigenvalue weighted by Crippen LogP contribution is 2.22. The molecular formula is C19H12F2N2O3S. The van der Waals surface area contributed by atoms with Crippen molar-refractivity contribution in [3.05, 3.63) is 74.9 Å². The molecule has 0 fully saturated rings. The molecule has 0 radical (unpaired) electrons. The molecule has 0 atom stereocenters. The number of carbonyl (C=O) groups excluding carboxylic acids is 1. The summed E-state index contributed by atoms with van der Waals surface area (Å²) in [6, 6.07) is 9.62. The maximum Gasteiger partial charge on any atom is 0.315 e. The van der Waals surface area contributed by atoms with Crippen LogP contribution in [0.5, 0.6) is 0 Å². The Balaban J connectivity index is 1.90. The smallest absolute Gasteiger partial charge is 0.315 e. The summed E-state index contributed by atoms with van der Waals surface area (Å²) in [5.74, 6) is -2.42. The van der Waals surface area contributed by atoms with Crippen LogP contribution in [0.1, 0.15) is 17.5 Å². The number of aryl methyl sites for hydroxylation is 1. The van der Waals surface area contributed by atoms with Gasteiger partial charge in [-0.3, -0.25) is 9.59 Å². The minimum atomic E-state index is -0.771. The molecule has 0 saturated carbocycles. The van der Waals surface area contributed by atoms with Gasteiger partial charge in [0.25, 0.3) is 0 Å². The molecule has 0 unspecified atom stereocenters. The van der Waals surface area contributed by atoms with Gasteiger partial charge in [0, 0.05) is 18.7 Å². The molecule has 2 aromatic carbocycles. The average molecular weight is 386 g/mol. The monoisotopic (exact) mass is 386 g/mol. The summed E-state index contributed by atoms with van der Waals surface area (Å²) in [6.45, 7) is 2.09. The van der Waals surface area contributed by atoms with Gasteiger partial charge in [0.15, 0.2) is 21.8 Å². The lowest BCUT2D eigenvalue weighted by atomic mass is 10.2. The third-order valence-corrected chi connectivity index (χ3v) is 5.08. The Kier molecular flexibility index (Phi) is 4.19. The van der Waals surface area contributed by atoms with E-state index in [0.29, 0.717) is 16.6 Å². The van der Waals surface area contributed by atoms with Gasteiger partial charge in [0.05, 0.1) is 15.6 Å². The van der Waals surface area contributed by atoms with Gasteiger partial charge >= 0.3 is 5.91 Å². The van der Waals surface area contributed by atoms with Gasteiger partial charge in [-0.05, 0) is 25.1 Å². The van der Waals surface area contributed by atoms with Crippen LogP contribution in [0.2, 0.25) is 0 Å². The highest BCUT2D eigenvalue weighted by atomic mass is 32.1. The number of aromatic nitrogens is 1. The predicted molar refractivity (Wildman–Crippen MR) is 97.8 cm³/mol. The van der Waals surface area contributed by atoms with E-state index in [0.717, 1.165) is 23.5 Å². The number of fused-ring (bicyclic) bond motifs is 2. The maximum absolute atomic E-state index is 14.2. The summed E-state index contributed by atoms with van der Waals surface area (Å²) in [5.41, 5.74) is 0.0926. The fourth-order valence-corrected chi connectivity index (χ4v) is 3.99. The van der Waals surface area contributed by atoms with Gasteiger partial charge in [0.1, 0.15) is 11.4 Å². The number of benzene rings is 2. The second-order valence-corrected chi connectivity index (χ2v) is 6.76. The normalized spacial score (nSPS) is 12.2. The summed E-state index contributed by atoms with van der Waals surface area (Å²) in [5, 5.41) is 0.358. The largest absolute Gasteiger partial charge is 0.451 e. The molecule has 0 N–H and O–H groups in total. The van der Waals surface area contributed by atoms with Crippen molar-refractivity contribution in [1.82, 2.24) is 4.57 Å². The van der Waals surface area contributed by atoms with Gasteiger partial charge < -0.3 is 8.98 Å². The molecule has 4 aromatic rings. The zero-order valence-corrected chi connectivity index (χ0v) is 14.8. The molecular weight excluding hydrogens is 374 g/mol. The first kappa shape index (κ1) is 17.3. The molecule has 0 saturated heterocycles. The average Bonchev–Trinajstić information content (AvgIpc) is 2.98. The Bertz CT molecular complexity index is 1330. The summed E-state index contributed by atoms with van der Waals surface area (Å²) in [6.07, 6.45) is 0. The molecule has 5 nitrogen and oxygen atoms in total. The number of amides is 1. The van der Waals surface area contributed by atoms with Gasteiger partial charge in [-0.1, -0.05) is 23.5 Å². The summed E-state index contributed by atoms with van der Waals surface area (Å²) in [7, 11) is 0. The van der Waals surface area contributed by atoms with E-state index in [-0.39, 0.29) is 27.1 Å². The molecule has 8 heteroatoms. The molecule has 0 aliphatic carbocycles. The van der Waals surface area contributed by atoms with E-state index < -0.39 is 17.5 Å². The van der Waals surface area contributed by atoms with Gasteiger partial charge in [-0.15, -0.1) is 0 Å². The first-order valence-corrected chi connectivity index (χ1v) is 8.90. The van der Waals surface area contributed by atoms with Gasteiger partial charge in [0.2, 0.25) is 0 Å². The standard InChI is InChI=1S/C19H12F2N2O3S/c1-2-23-17-12(21)7-10(20)8-16(17)27-19(23)22-18(25)15-9-13(24)11-5-3-4-6-14(11)26-15/h3-9H,2H2,1H3. The molecule has 2 heterocycles. The van der Waals surface area contributed by atoms with Crippen molar-refractivity contribution in [1.29, 1.82) is 0 Å². The third-order valence-electron chi connectivity index (χ3n) is 4.05. The number of halogens is 2. The fourth-order valence-electron chi connectivity index (χ4n) is 2.86. The Morgan fingerprint density at radius 2 is 2.00 bits per heavy atom. The van der Waals surface area contributed by atoms with Crippen molar-refractivity contribution in [2.24, 2.45) is 4.99 Å². The van der Waals surface area contributed by atoms with E-state index in [2.05, 4.69) is 4.99 Å². The van der Waals surface area contributed by atoms with Crippen LogP contribution in [-0.2, 0) is 6.54 Å². The van der Waals surface area contributed by atoms with Crippen LogP contribution in [0.25, 0.3) is 21.2 Å². The van der Waals surface area contributed by atoms with Crippen LogP contribution in [0, 0.1) is 11.6 Å². The molecule has 27 heavy (non-hydrogen) atoms. The summed E-state index contributed by atoms with van der Waals surface area (Å²) >= 11 is 0.983. The van der Waals surface area contributed by atoms with Crippen molar-refractivity contribution >= 4 is 38.4 Å². The number of hydrogen-bond acceptors (Lipinski definition) is 4. The molecule has 1 amide bonds. The number of hydrogen-bond donors (Lipinski definition) is 0. The lowest BCUT2D eigenvalue weighted by molar-refractivity contribution is 0.0972. The second-order valence-electron chi connectivity index (χ2n) is 5.75.